The van der Waals surface area contributed by atoms with Crippen molar-refractivity contribution in [2.75, 3.05) is 24.7 Å². The zero-order valence-electron chi connectivity index (χ0n) is 13.0. The molecule has 2 aromatic rings. The molecule has 0 saturated carbocycles. The van der Waals surface area contributed by atoms with Gasteiger partial charge in [-0.15, -0.1) is 0 Å². The van der Waals surface area contributed by atoms with Gasteiger partial charge in [0.2, 0.25) is 0 Å². The summed E-state index contributed by atoms with van der Waals surface area (Å²) < 4.78 is 7.12. The van der Waals surface area contributed by atoms with E-state index in [0.29, 0.717) is 0 Å². The molecule has 0 aliphatic rings. The largest absolute Gasteiger partial charge is 0.497 e. The predicted octanol–water partition coefficient (Wildman–Crippen LogP) is 2.85. The molecule has 0 aliphatic heterocycles. The number of ether oxygens (including phenoxy) is 1. The quantitative estimate of drug-likeness (QED) is 0.822. The maximum absolute atomic E-state index is 6.09. The van der Waals surface area contributed by atoms with Crippen LogP contribution in [0.25, 0.3) is 0 Å². The topological polar surface area (TPSA) is 65.1 Å². The van der Waals surface area contributed by atoms with Gasteiger partial charge in [0, 0.05) is 13.1 Å². The summed E-state index contributed by atoms with van der Waals surface area (Å²) >= 11 is 0. The number of benzene rings is 1. The van der Waals surface area contributed by atoms with E-state index in [1.54, 1.807) is 7.11 Å². The molecular formula is C16H24N4O. The van der Waals surface area contributed by atoms with E-state index in [1.807, 2.05) is 23.7 Å². The number of rotatable bonds is 7. The maximum atomic E-state index is 6.09. The van der Waals surface area contributed by atoms with E-state index in [-0.39, 0.29) is 0 Å². The predicted molar refractivity (Wildman–Crippen MR) is 86.9 cm³/mol. The number of anilines is 2. The van der Waals surface area contributed by atoms with Crippen molar-refractivity contribution in [2.45, 2.75) is 33.2 Å². The fraction of sp³-hybridized carbons (Fsp3) is 0.438. The second kappa shape index (κ2) is 7.02. The first kappa shape index (κ1) is 15.2. The van der Waals surface area contributed by atoms with Crippen LogP contribution < -0.4 is 15.8 Å². The van der Waals surface area contributed by atoms with E-state index in [4.69, 9.17) is 10.5 Å². The van der Waals surface area contributed by atoms with Gasteiger partial charge in [-0.1, -0.05) is 19.1 Å². The average molecular weight is 288 g/mol. The van der Waals surface area contributed by atoms with Crippen LogP contribution in [-0.4, -0.2) is 23.4 Å². The second-order valence-corrected chi connectivity index (χ2v) is 5.10. The molecule has 0 unspecified atom stereocenters. The lowest BCUT2D eigenvalue weighted by atomic mass is 10.1. The van der Waals surface area contributed by atoms with Crippen molar-refractivity contribution in [1.82, 2.24) is 9.78 Å². The molecule has 1 heterocycles. The molecular weight excluding hydrogens is 264 g/mol. The van der Waals surface area contributed by atoms with E-state index in [9.17, 15) is 0 Å². The molecule has 5 heteroatoms. The first-order chi connectivity index (χ1) is 10.2. The van der Waals surface area contributed by atoms with Gasteiger partial charge in [-0.2, -0.15) is 5.10 Å². The first-order valence-corrected chi connectivity index (χ1v) is 7.35. The molecule has 1 aromatic heterocycles. The Kier molecular flexibility index (Phi) is 5.09. The molecule has 0 saturated heterocycles. The number of nitrogen functional groups attached to an aromatic ring is 1. The molecule has 0 atom stereocenters. The van der Waals surface area contributed by atoms with Crippen LogP contribution in [0.5, 0.6) is 5.75 Å². The monoisotopic (exact) mass is 288 g/mol. The molecule has 2 rings (SSSR count). The lowest BCUT2D eigenvalue weighted by Gasteiger charge is -2.10. The molecule has 114 valence electrons. The molecule has 0 amide bonds. The van der Waals surface area contributed by atoms with Crippen molar-refractivity contribution >= 4 is 11.5 Å². The Balaban J connectivity index is 1.96. The minimum Gasteiger partial charge on any atom is -0.497 e. The Morgan fingerprint density at radius 3 is 2.62 bits per heavy atom. The summed E-state index contributed by atoms with van der Waals surface area (Å²) in [7, 11) is 1.68. The fourth-order valence-electron chi connectivity index (χ4n) is 2.27. The molecule has 0 spiro atoms. The minimum absolute atomic E-state index is 0.748. The lowest BCUT2D eigenvalue weighted by Crippen LogP contribution is -2.12. The minimum atomic E-state index is 0.748. The normalized spacial score (nSPS) is 10.6. The number of nitrogens with zero attached hydrogens (tertiary/aromatic N) is 2. The number of methoxy groups -OCH3 is 1. The van der Waals surface area contributed by atoms with E-state index in [1.165, 1.54) is 5.56 Å². The number of aryl methyl sites for hydroxylation is 2. The Morgan fingerprint density at radius 2 is 2.00 bits per heavy atom. The van der Waals surface area contributed by atoms with Crippen molar-refractivity contribution in [3.8, 4) is 5.75 Å². The number of aromatic nitrogens is 2. The molecule has 0 fully saturated rings. The maximum Gasteiger partial charge on any atom is 0.148 e. The van der Waals surface area contributed by atoms with E-state index in [0.717, 1.165) is 48.9 Å². The van der Waals surface area contributed by atoms with Crippen LogP contribution in [0.15, 0.2) is 24.3 Å². The summed E-state index contributed by atoms with van der Waals surface area (Å²) in [4.78, 5) is 0. The van der Waals surface area contributed by atoms with E-state index in [2.05, 4.69) is 29.5 Å². The number of hydrogen-bond donors (Lipinski definition) is 2. The molecule has 5 nitrogen and oxygen atoms in total. The summed E-state index contributed by atoms with van der Waals surface area (Å²) in [6.07, 6.45) is 1.97. The van der Waals surface area contributed by atoms with Gasteiger partial charge in [0.1, 0.15) is 11.6 Å². The Labute approximate surface area is 126 Å². The summed E-state index contributed by atoms with van der Waals surface area (Å²) in [5.41, 5.74) is 8.99. The van der Waals surface area contributed by atoms with Crippen molar-refractivity contribution in [2.24, 2.45) is 0 Å². The standard InChI is InChI=1S/C16H24N4O/c1-4-11-20-16(15(17)12(2)19-20)18-10-9-13-5-7-14(21-3)8-6-13/h5-8,18H,4,9-11,17H2,1-3H3. The molecule has 1 aromatic carbocycles. The molecule has 3 N–H and O–H groups in total. The molecule has 21 heavy (non-hydrogen) atoms. The van der Waals surface area contributed by atoms with Crippen molar-refractivity contribution in [3.63, 3.8) is 0 Å². The summed E-state index contributed by atoms with van der Waals surface area (Å²) in [6, 6.07) is 8.13. The SMILES string of the molecule is CCCn1nc(C)c(N)c1NCCc1ccc(OC)cc1. The van der Waals surface area contributed by atoms with Crippen LogP contribution in [0.3, 0.4) is 0 Å². The van der Waals surface area contributed by atoms with Gasteiger partial charge in [0.15, 0.2) is 0 Å². The Hall–Kier alpha value is -2.17. The highest BCUT2D eigenvalue weighted by molar-refractivity contribution is 5.64. The molecule has 0 radical (unpaired) electrons. The Bertz CT molecular complexity index is 575. The third-order valence-electron chi connectivity index (χ3n) is 3.47. The highest BCUT2D eigenvalue weighted by atomic mass is 16.5. The van der Waals surface area contributed by atoms with Crippen LogP contribution >= 0.6 is 0 Å². The fourth-order valence-corrected chi connectivity index (χ4v) is 2.27. The van der Waals surface area contributed by atoms with Gasteiger partial charge in [-0.3, -0.25) is 0 Å². The van der Waals surface area contributed by atoms with E-state index >= 15 is 0 Å². The van der Waals surface area contributed by atoms with Crippen LogP contribution in [0.1, 0.15) is 24.6 Å². The van der Waals surface area contributed by atoms with Crippen molar-refractivity contribution in [1.29, 1.82) is 0 Å². The van der Waals surface area contributed by atoms with Gasteiger partial charge < -0.3 is 15.8 Å². The average Bonchev–Trinajstić information content (AvgIpc) is 2.76. The van der Waals surface area contributed by atoms with Gasteiger partial charge in [0.25, 0.3) is 0 Å². The number of hydrogen-bond acceptors (Lipinski definition) is 4. The first-order valence-electron chi connectivity index (χ1n) is 7.35. The van der Waals surface area contributed by atoms with Crippen LogP contribution in [0.4, 0.5) is 11.5 Å². The zero-order chi connectivity index (χ0) is 15.2. The Morgan fingerprint density at radius 1 is 1.29 bits per heavy atom. The third kappa shape index (κ3) is 3.68. The molecule has 0 bridgehead atoms. The zero-order valence-corrected chi connectivity index (χ0v) is 13.0. The highest BCUT2D eigenvalue weighted by Crippen LogP contribution is 2.22. The van der Waals surface area contributed by atoms with Gasteiger partial charge in [-0.25, -0.2) is 4.68 Å². The highest BCUT2D eigenvalue weighted by Gasteiger charge is 2.11. The van der Waals surface area contributed by atoms with E-state index < -0.39 is 0 Å². The van der Waals surface area contributed by atoms with Gasteiger partial charge in [0.05, 0.1) is 18.5 Å². The van der Waals surface area contributed by atoms with Crippen LogP contribution in [-0.2, 0) is 13.0 Å². The molecule has 0 aliphatic carbocycles. The summed E-state index contributed by atoms with van der Waals surface area (Å²) in [6.45, 7) is 5.78. The summed E-state index contributed by atoms with van der Waals surface area (Å²) in [5.74, 6) is 1.82. The number of nitrogens with one attached hydrogen (secondary N) is 1. The number of nitrogens with two attached hydrogens (primary N) is 1. The second-order valence-electron chi connectivity index (χ2n) is 5.10. The van der Waals surface area contributed by atoms with Crippen LogP contribution in [0, 0.1) is 6.92 Å². The van der Waals surface area contributed by atoms with Crippen molar-refractivity contribution in [3.05, 3.63) is 35.5 Å². The van der Waals surface area contributed by atoms with Gasteiger partial charge in [-0.05, 0) is 37.5 Å². The van der Waals surface area contributed by atoms with Crippen LogP contribution in [0.2, 0.25) is 0 Å². The summed E-state index contributed by atoms with van der Waals surface area (Å²) in [5, 5.41) is 7.87. The third-order valence-corrected chi connectivity index (χ3v) is 3.47. The lowest BCUT2D eigenvalue weighted by molar-refractivity contribution is 0.414. The van der Waals surface area contributed by atoms with Crippen molar-refractivity contribution < 1.29 is 4.74 Å². The smallest absolute Gasteiger partial charge is 0.148 e. The van der Waals surface area contributed by atoms with Gasteiger partial charge >= 0.3 is 0 Å².